The fourth-order valence-electron chi connectivity index (χ4n) is 5.52. The second kappa shape index (κ2) is 13.5. The average Bonchev–Trinajstić information content (AvgIpc) is 2.92. The zero-order valence-corrected chi connectivity index (χ0v) is 23.4. The lowest BCUT2D eigenvalue weighted by Crippen LogP contribution is -2.25. The Labute approximate surface area is 244 Å². The monoisotopic (exact) mass is 614 g/mol. The van der Waals surface area contributed by atoms with Crippen molar-refractivity contribution in [3.05, 3.63) is 101 Å². The highest BCUT2D eigenvalue weighted by molar-refractivity contribution is 5.64. The molecule has 4 rings (SSSR count). The highest BCUT2D eigenvalue weighted by atomic mass is 19.4. The molecule has 0 aliphatic heterocycles. The van der Waals surface area contributed by atoms with Gasteiger partial charge in [-0.1, -0.05) is 50.1 Å². The molecule has 0 amide bonds. The molecule has 0 saturated heterocycles. The van der Waals surface area contributed by atoms with Gasteiger partial charge in [-0.3, -0.25) is 0 Å². The quantitative estimate of drug-likeness (QED) is 0.163. The van der Waals surface area contributed by atoms with Crippen LogP contribution >= 0.6 is 0 Å². The van der Waals surface area contributed by atoms with Gasteiger partial charge >= 0.3 is 12.3 Å². The summed E-state index contributed by atoms with van der Waals surface area (Å²) in [6, 6.07) is 11.4. The minimum absolute atomic E-state index is 0.0521. The topological polar surface area (TPSA) is 9.23 Å². The molecule has 1 aliphatic carbocycles. The number of allylic oxidation sites excluding steroid dienone is 2. The van der Waals surface area contributed by atoms with Crippen LogP contribution in [0.4, 0.5) is 39.5 Å². The largest absolute Gasteiger partial charge is 0.432 e. The molecule has 1 fully saturated rings. The molecule has 0 spiro atoms. The molecule has 0 radical (unpaired) electrons. The van der Waals surface area contributed by atoms with E-state index in [4.69, 9.17) is 0 Å². The highest BCUT2D eigenvalue weighted by Gasteiger charge is 2.41. The van der Waals surface area contributed by atoms with Crippen LogP contribution in [0.25, 0.3) is 11.1 Å². The Morgan fingerprint density at radius 2 is 1.42 bits per heavy atom. The van der Waals surface area contributed by atoms with E-state index in [0.717, 1.165) is 49.4 Å². The van der Waals surface area contributed by atoms with Gasteiger partial charge in [0.05, 0.1) is 6.08 Å². The van der Waals surface area contributed by atoms with Crippen molar-refractivity contribution in [1.29, 1.82) is 0 Å². The number of aryl methyl sites for hydroxylation is 1. The zero-order chi connectivity index (χ0) is 31.4. The summed E-state index contributed by atoms with van der Waals surface area (Å²) >= 11 is 0. The summed E-state index contributed by atoms with van der Waals surface area (Å²) in [7, 11) is 0. The second-order valence-electron chi connectivity index (χ2n) is 10.9. The van der Waals surface area contributed by atoms with Crippen LogP contribution < -0.4 is 4.74 Å². The number of halogens is 9. The van der Waals surface area contributed by atoms with Gasteiger partial charge in [0.2, 0.25) is 0 Å². The molecule has 1 nitrogen and oxygen atoms in total. The number of hydrogen-bond donors (Lipinski definition) is 0. The summed E-state index contributed by atoms with van der Waals surface area (Å²) in [6.45, 7) is 2.09. The van der Waals surface area contributed by atoms with E-state index < -0.39 is 58.7 Å². The molecular formula is C33H31F9O. The van der Waals surface area contributed by atoms with Crippen LogP contribution in [0, 0.1) is 23.4 Å². The Hall–Kier alpha value is -3.43. The van der Waals surface area contributed by atoms with E-state index >= 15 is 0 Å². The molecule has 1 saturated carbocycles. The first kappa shape index (κ1) is 32.5. The number of alkyl halides is 5. The van der Waals surface area contributed by atoms with Gasteiger partial charge in [-0.25, -0.2) is 17.6 Å². The molecule has 3 aromatic rings. The van der Waals surface area contributed by atoms with E-state index in [-0.39, 0.29) is 42.9 Å². The van der Waals surface area contributed by atoms with Crippen molar-refractivity contribution in [3.63, 3.8) is 0 Å². The lowest BCUT2D eigenvalue weighted by atomic mass is 9.78. The third-order valence-electron chi connectivity index (χ3n) is 7.77. The fourth-order valence-corrected chi connectivity index (χ4v) is 5.52. The van der Waals surface area contributed by atoms with Gasteiger partial charge in [0.1, 0.15) is 34.6 Å². The summed E-state index contributed by atoms with van der Waals surface area (Å²) in [6.07, 6.45) is -5.17. The Kier molecular flexibility index (Phi) is 10.2. The summed E-state index contributed by atoms with van der Waals surface area (Å²) in [5.74, 6) is -7.37. The number of hydrogen-bond acceptors (Lipinski definition) is 1. The maximum atomic E-state index is 15.0. The Morgan fingerprint density at radius 3 is 1.98 bits per heavy atom. The highest BCUT2D eigenvalue weighted by Crippen LogP contribution is 2.42. The van der Waals surface area contributed by atoms with Crippen LogP contribution in [-0.4, -0.2) is 6.18 Å². The first-order chi connectivity index (χ1) is 20.3. The number of benzene rings is 3. The number of unbranched alkanes of at least 4 members (excludes halogenated alkanes) is 2. The van der Waals surface area contributed by atoms with Crippen LogP contribution in [0.2, 0.25) is 0 Å². The molecule has 43 heavy (non-hydrogen) atoms. The number of rotatable bonds is 10. The van der Waals surface area contributed by atoms with E-state index in [0.29, 0.717) is 11.6 Å². The van der Waals surface area contributed by atoms with Gasteiger partial charge in [0.25, 0.3) is 0 Å². The van der Waals surface area contributed by atoms with Crippen LogP contribution in [0.15, 0.2) is 66.5 Å². The molecule has 0 heterocycles. The van der Waals surface area contributed by atoms with Gasteiger partial charge in [0.15, 0.2) is 0 Å². The normalized spacial score (nSPS) is 18.1. The third-order valence-corrected chi connectivity index (χ3v) is 7.77. The maximum absolute atomic E-state index is 15.0. The molecule has 0 unspecified atom stereocenters. The standard InChI is InChI=1S/C33H31F9O/c1-2-3-4-5-20-6-8-21(9-7-20)24-16-28(35)31(29(36)17-24)33(41,42)43-25-14-15-26(27(34)18-25)22-10-12-23(13-11-22)30(37)19-32(38,39)40/h6-9,14-19,22-23H,2-5,10-13H2,1H3/b30-19-. The summed E-state index contributed by atoms with van der Waals surface area (Å²) in [5, 5.41) is 0. The second-order valence-corrected chi connectivity index (χ2v) is 10.9. The molecule has 0 atom stereocenters. The zero-order valence-electron chi connectivity index (χ0n) is 23.4. The molecule has 0 bridgehead atoms. The van der Waals surface area contributed by atoms with Crippen molar-refractivity contribution in [2.45, 2.75) is 76.5 Å². The Bertz CT molecular complexity index is 1400. The van der Waals surface area contributed by atoms with E-state index in [1.807, 2.05) is 12.1 Å². The van der Waals surface area contributed by atoms with Crippen LogP contribution in [-0.2, 0) is 12.5 Å². The first-order valence-electron chi connectivity index (χ1n) is 14.2. The molecule has 1 aliphatic rings. The first-order valence-corrected chi connectivity index (χ1v) is 14.2. The third kappa shape index (κ3) is 8.36. The predicted molar refractivity (Wildman–Crippen MR) is 146 cm³/mol. The summed E-state index contributed by atoms with van der Waals surface area (Å²) in [4.78, 5) is 0. The van der Waals surface area contributed by atoms with Gasteiger partial charge in [0, 0.05) is 12.0 Å². The Balaban J connectivity index is 1.44. The SMILES string of the molecule is CCCCCc1ccc(-c2cc(F)c(C(F)(F)Oc3ccc(C4CCC(/C(F)=C/C(F)(F)F)CC4)c(F)c3)c(F)c2)cc1. The lowest BCUT2D eigenvalue weighted by Gasteiger charge is -2.28. The fraction of sp³-hybridized carbons (Fsp3) is 0.394. The van der Waals surface area contributed by atoms with Crippen LogP contribution in [0.3, 0.4) is 0 Å². The average molecular weight is 615 g/mol. The van der Waals surface area contributed by atoms with Gasteiger partial charge in [-0.15, -0.1) is 0 Å². The van der Waals surface area contributed by atoms with Crippen molar-refractivity contribution in [2.24, 2.45) is 5.92 Å². The van der Waals surface area contributed by atoms with Crippen molar-refractivity contribution in [2.75, 3.05) is 0 Å². The summed E-state index contributed by atoms with van der Waals surface area (Å²) in [5.41, 5.74) is 0.0383. The summed E-state index contributed by atoms with van der Waals surface area (Å²) < 4.78 is 130. The van der Waals surface area contributed by atoms with Crippen molar-refractivity contribution in [3.8, 4) is 16.9 Å². The molecule has 10 heteroatoms. The van der Waals surface area contributed by atoms with Crippen LogP contribution in [0.1, 0.15) is 74.5 Å². The van der Waals surface area contributed by atoms with E-state index in [2.05, 4.69) is 11.7 Å². The molecule has 232 valence electrons. The minimum atomic E-state index is -4.78. The molecule has 0 N–H and O–H groups in total. The molecule has 3 aromatic carbocycles. The van der Waals surface area contributed by atoms with Gasteiger partial charge < -0.3 is 4.74 Å². The van der Waals surface area contributed by atoms with Gasteiger partial charge in [-0.2, -0.15) is 22.0 Å². The van der Waals surface area contributed by atoms with E-state index in [9.17, 15) is 39.5 Å². The molecular weight excluding hydrogens is 583 g/mol. The number of ether oxygens (including phenoxy) is 1. The van der Waals surface area contributed by atoms with E-state index in [1.54, 1.807) is 12.1 Å². The van der Waals surface area contributed by atoms with Crippen molar-refractivity contribution >= 4 is 0 Å². The molecule has 0 aromatic heterocycles. The van der Waals surface area contributed by atoms with Crippen molar-refractivity contribution < 1.29 is 44.3 Å². The maximum Gasteiger partial charge on any atom is 0.432 e. The van der Waals surface area contributed by atoms with Crippen LogP contribution in [0.5, 0.6) is 5.75 Å². The lowest BCUT2D eigenvalue weighted by molar-refractivity contribution is -0.189. The van der Waals surface area contributed by atoms with E-state index in [1.165, 1.54) is 6.07 Å². The minimum Gasteiger partial charge on any atom is -0.429 e. The predicted octanol–water partition coefficient (Wildman–Crippen LogP) is 11.3. The van der Waals surface area contributed by atoms with Crippen molar-refractivity contribution in [1.82, 2.24) is 0 Å². The smallest absolute Gasteiger partial charge is 0.429 e. The Morgan fingerprint density at radius 1 is 0.791 bits per heavy atom. The van der Waals surface area contributed by atoms with Gasteiger partial charge in [-0.05, 0) is 84.9 Å².